The normalized spacial score (nSPS) is 11.9. The van der Waals surface area contributed by atoms with Gasteiger partial charge in [-0.25, -0.2) is 17.5 Å². The van der Waals surface area contributed by atoms with E-state index in [0.717, 1.165) is 16.5 Å². The minimum atomic E-state index is -3.66. The number of hydrogen-bond donors (Lipinski definition) is 1. The molecule has 0 saturated heterocycles. The minimum Gasteiger partial charge on any atom is -0.266 e. The van der Waals surface area contributed by atoms with Crippen LogP contribution in [0.25, 0.3) is 16.5 Å². The summed E-state index contributed by atoms with van der Waals surface area (Å²) in [4.78, 5) is 0. The molecule has 0 saturated carbocycles. The molecule has 1 aromatic heterocycles. The zero-order chi connectivity index (χ0) is 22.0. The van der Waals surface area contributed by atoms with Crippen LogP contribution >= 0.6 is 0 Å². The smallest absolute Gasteiger partial charge is 0.238 e. The second-order valence-corrected chi connectivity index (χ2v) is 9.77. The molecule has 0 aliphatic rings. The molecule has 0 radical (unpaired) electrons. The van der Waals surface area contributed by atoms with E-state index in [0.29, 0.717) is 23.6 Å². The summed E-state index contributed by atoms with van der Waals surface area (Å²) >= 11 is 0. The molecule has 0 atom stereocenters. The number of hydrogen-bond acceptors (Lipinski definition) is 3. The Morgan fingerprint density at radius 2 is 1.68 bits per heavy atom. The standard InChI is InChI=1S/C24H24FN3O2S/c1-17(2)13-23-15-24(26-28(23)22-11-9-21(25)10-12-22)27-31(29,30)16-18-7-8-19-5-3-4-6-20(19)14-18/h3-12,14-15,17H,13,16H2,1-2H3,(H,26,27). The van der Waals surface area contributed by atoms with Crippen molar-refractivity contribution in [2.45, 2.75) is 26.0 Å². The predicted octanol–water partition coefficient (Wildman–Crippen LogP) is 5.31. The molecule has 3 aromatic carbocycles. The number of anilines is 1. The molecule has 1 heterocycles. The molecule has 0 bridgehead atoms. The van der Waals surface area contributed by atoms with E-state index in [1.54, 1.807) is 22.9 Å². The van der Waals surface area contributed by atoms with E-state index in [1.165, 1.54) is 12.1 Å². The van der Waals surface area contributed by atoms with Gasteiger partial charge in [-0.15, -0.1) is 5.10 Å². The maximum Gasteiger partial charge on any atom is 0.238 e. The van der Waals surface area contributed by atoms with Crippen molar-refractivity contribution in [3.05, 3.63) is 89.9 Å². The van der Waals surface area contributed by atoms with Crippen LogP contribution in [0.15, 0.2) is 72.8 Å². The highest BCUT2D eigenvalue weighted by Gasteiger charge is 2.17. The number of sulfonamides is 1. The molecule has 7 heteroatoms. The van der Waals surface area contributed by atoms with Crippen LogP contribution in [-0.4, -0.2) is 18.2 Å². The lowest BCUT2D eigenvalue weighted by molar-refractivity contribution is 0.600. The van der Waals surface area contributed by atoms with E-state index < -0.39 is 10.0 Å². The van der Waals surface area contributed by atoms with Gasteiger partial charge in [0.2, 0.25) is 10.0 Å². The lowest BCUT2D eigenvalue weighted by Crippen LogP contribution is -2.15. The zero-order valence-electron chi connectivity index (χ0n) is 17.4. The van der Waals surface area contributed by atoms with Gasteiger partial charge in [0, 0.05) is 11.8 Å². The van der Waals surface area contributed by atoms with Crippen molar-refractivity contribution in [1.82, 2.24) is 9.78 Å². The summed E-state index contributed by atoms with van der Waals surface area (Å²) in [7, 11) is -3.66. The summed E-state index contributed by atoms with van der Waals surface area (Å²) in [6.45, 7) is 4.15. The number of nitrogens with one attached hydrogen (secondary N) is 1. The van der Waals surface area contributed by atoms with Crippen LogP contribution in [0.5, 0.6) is 0 Å². The van der Waals surface area contributed by atoms with Gasteiger partial charge in [-0.05, 0) is 52.9 Å². The van der Waals surface area contributed by atoms with Crippen molar-refractivity contribution in [2.75, 3.05) is 4.72 Å². The first kappa shape index (κ1) is 21.1. The Kier molecular flexibility index (Phi) is 5.78. The van der Waals surface area contributed by atoms with Gasteiger partial charge in [-0.2, -0.15) is 0 Å². The summed E-state index contributed by atoms with van der Waals surface area (Å²) < 4.78 is 43.2. The highest BCUT2D eigenvalue weighted by atomic mass is 32.2. The van der Waals surface area contributed by atoms with Gasteiger partial charge in [-0.1, -0.05) is 56.3 Å². The topological polar surface area (TPSA) is 64.0 Å². The molecular weight excluding hydrogens is 413 g/mol. The van der Waals surface area contributed by atoms with Gasteiger partial charge in [0.25, 0.3) is 0 Å². The van der Waals surface area contributed by atoms with Crippen molar-refractivity contribution in [1.29, 1.82) is 0 Å². The van der Waals surface area contributed by atoms with Crippen LogP contribution in [0.4, 0.5) is 10.2 Å². The number of fused-ring (bicyclic) bond motifs is 1. The van der Waals surface area contributed by atoms with Gasteiger partial charge in [-0.3, -0.25) is 4.72 Å². The Hall–Kier alpha value is -3.19. The highest BCUT2D eigenvalue weighted by molar-refractivity contribution is 7.91. The molecule has 0 unspecified atom stereocenters. The van der Waals surface area contributed by atoms with E-state index in [1.807, 2.05) is 42.5 Å². The summed E-state index contributed by atoms with van der Waals surface area (Å²) in [6.07, 6.45) is 0.705. The quantitative estimate of drug-likeness (QED) is 0.426. The average molecular weight is 438 g/mol. The third-order valence-corrected chi connectivity index (χ3v) is 6.14. The van der Waals surface area contributed by atoms with Crippen molar-refractivity contribution in [3.63, 3.8) is 0 Å². The van der Waals surface area contributed by atoms with E-state index in [2.05, 4.69) is 23.7 Å². The summed E-state index contributed by atoms with van der Waals surface area (Å²) in [6, 6.07) is 21.2. The maximum absolute atomic E-state index is 13.3. The van der Waals surface area contributed by atoms with Gasteiger partial charge < -0.3 is 0 Å². The predicted molar refractivity (Wildman–Crippen MR) is 122 cm³/mol. The fourth-order valence-electron chi connectivity index (χ4n) is 3.58. The molecule has 0 fully saturated rings. The second-order valence-electron chi connectivity index (χ2n) is 8.05. The molecular formula is C24H24FN3O2S. The van der Waals surface area contributed by atoms with E-state index in [9.17, 15) is 12.8 Å². The monoisotopic (exact) mass is 437 g/mol. The molecule has 0 aliphatic heterocycles. The van der Waals surface area contributed by atoms with Crippen LogP contribution in [0, 0.1) is 11.7 Å². The fourth-order valence-corrected chi connectivity index (χ4v) is 4.69. The first-order valence-corrected chi connectivity index (χ1v) is 11.8. The van der Waals surface area contributed by atoms with E-state index in [4.69, 9.17) is 0 Å². The zero-order valence-corrected chi connectivity index (χ0v) is 18.2. The first-order valence-electron chi connectivity index (χ1n) is 10.1. The SMILES string of the molecule is CC(C)Cc1cc(NS(=O)(=O)Cc2ccc3ccccc3c2)nn1-c1ccc(F)cc1. The van der Waals surface area contributed by atoms with Crippen LogP contribution < -0.4 is 4.72 Å². The lowest BCUT2D eigenvalue weighted by atomic mass is 10.1. The van der Waals surface area contributed by atoms with Gasteiger partial charge >= 0.3 is 0 Å². The fraction of sp³-hybridized carbons (Fsp3) is 0.208. The first-order chi connectivity index (χ1) is 14.8. The molecule has 1 N–H and O–H groups in total. The Balaban J connectivity index is 1.60. The Bertz CT molecular complexity index is 1310. The third kappa shape index (κ3) is 5.11. The molecule has 0 aliphatic carbocycles. The van der Waals surface area contributed by atoms with Crippen molar-refractivity contribution in [3.8, 4) is 5.69 Å². The number of aromatic nitrogens is 2. The molecule has 5 nitrogen and oxygen atoms in total. The van der Waals surface area contributed by atoms with Crippen LogP contribution in [-0.2, 0) is 22.2 Å². The van der Waals surface area contributed by atoms with E-state index >= 15 is 0 Å². The number of benzene rings is 3. The van der Waals surface area contributed by atoms with Crippen molar-refractivity contribution < 1.29 is 12.8 Å². The Labute approximate surface area is 181 Å². The van der Waals surface area contributed by atoms with Crippen LogP contribution in [0.1, 0.15) is 25.1 Å². The molecule has 4 aromatic rings. The van der Waals surface area contributed by atoms with Gasteiger partial charge in [0.1, 0.15) is 5.82 Å². The lowest BCUT2D eigenvalue weighted by Gasteiger charge is -2.09. The largest absolute Gasteiger partial charge is 0.266 e. The Morgan fingerprint density at radius 1 is 0.968 bits per heavy atom. The molecule has 0 amide bonds. The van der Waals surface area contributed by atoms with Gasteiger partial charge in [0.15, 0.2) is 5.82 Å². The maximum atomic E-state index is 13.3. The third-order valence-electron chi connectivity index (χ3n) is 4.90. The summed E-state index contributed by atoms with van der Waals surface area (Å²) in [5.74, 6) is 0.108. The van der Waals surface area contributed by atoms with Crippen molar-refractivity contribution >= 4 is 26.6 Å². The van der Waals surface area contributed by atoms with E-state index in [-0.39, 0.29) is 17.4 Å². The minimum absolute atomic E-state index is 0.152. The van der Waals surface area contributed by atoms with Crippen molar-refractivity contribution in [2.24, 2.45) is 5.92 Å². The molecule has 0 spiro atoms. The molecule has 4 rings (SSSR count). The highest BCUT2D eigenvalue weighted by Crippen LogP contribution is 2.22. The number of nitrogens with zero attached hydrogens (tertiary/aromatic N) is 2. The van der Waals surface area contributed by atoms with Crippen LogP contribution in [0.3, 0.4) is 0 Å². The van der Waals surface area contributed by atoms with Gasteiger partial charge in [0.05, 0.1) is 11.4 Å². The average Bonchev–Trinajstić information content (AvgIpc) is 3.08. The number of halogens is 1. The molecule has 160 valence electrons. The second kappa shape index (κ2) is 8.51. The van der Waals surface area contributed by atoms with Crippen LogP contribution in [0.2, 0.25) is 0 Å². The molecule has 31 heavy (non-hydrogen) atoms. The summed E-state index contributed by atoms with van der Waals surface area (Å²) in [5.41, 5.74) is 2.23. The number of rotatable bonds is 7. The Morgan fingerprint density at radius 3 is 2.39 bits per heavy atom. The summed E-state index contributed by atoms with van der Waals surface area (Å²) in [5, 5.41) is 6.50.